The molecule has 5 rings (SSSR count). The van der Waals surface area contributed by atoms with E-state index in [1.807, 2.05) is 37.2 Å². The number of benzene rings is 1. The monoisotopic (exact) mass is 548 g/mol. The molecule has 4 atom stereocenters. The van der Waals surface area contributed by atoms with Crippen molar-refractivity contribution >= 4 is 23.2 Å². The van der Waals surface area contributed by atoms with Crippen LogP contribution in [0.15, 0.2) is 47.4 Å². The fraction of sp³-hybridized carbons (Fsp3) is 0.379. The van der Waals surface area contributed by atoms with Crippen LogP contribution in [-0.2, 0) is 27.3 Å². The number of phenolic OH excluding ortho intramolecular Hbond substituents is 1. The zero-order chi connectivity index (χ0) is 29.3. The molecule has 0 unspecified atom stereocenters. The number of aromatic nitrogens is 1. The summed E-state index contributed by atoms with van der Waals surface area (Å²) in [4.78, 5) is 47.3. The van der Waals surface area contributed by atoms with Gasteiger partial charge in [0.05, 0.1) is 17.3 Å². The minimum absolute atomic E-state index is 0.0215. The molecule has 2 aromatic rings. The van der Waals surface area contributed by atoms with Gasteiger partial charge < -0.3 is 31.1 Å². The predicted molar refractivity (Wildman–Crippen MR) is 145 cm³/mol. The van der Waals surface area contributed by atoms with Crippen LogP contribution in [0.1, 0.15) is 23.1 Å². The van der Waals surface area contributed by atoms with E-state index in [0.29, 0.717) is 28.9 Å². The Morgan fingerprint density at radius 1 is 1.15 bits per heavy atom. The van der Waals surface area contributed by atoms with Crippen LogP contribution >= 0.6 is 0 Å². The van der Waals surface area contributed by atoms with Gasteiger partial charge in [-0.1, -0.05) is 6.07 Å². The van der Waals surface area contributed by atoms with Crippen molar-refractivity contribution in [3.63, 3.8) is 0 Å². The average molecular weight is 549 g/mol. The molecule has 0 spiro atoms. The number of amides is 1. The number of rotatable bonds is 5. The molecule has 210 valence electrons. The predicted octanol–water partition coefficient (Wildman–Crippen LogP) is 1.09. The number of fused-ring (bicyclic) bond motifs is 3. The van der Waals surface area contributed by atoms with Crippen molar-refractivity contribution < 1.29 is 34.8 Å². The van der Waals surface area contributed by atoms with E-state index in [1.54, 1.807) is 26.4 Å². The summed E-state index contributed by atoms with van der Waals surface area (Å²) in [5.74, 6) is -6.73. The standard InChI is InChI=1S/C29H32N4O7/c1-32(2)12-14-10-15(18-7-5-6-8-31-18)16-9-13-11-17-22(33(3)4)25(36)21(28(30)39)27(38)29(17,40)26(37)19(13)24(35)20(16)23(14)34/h5-8,10,13,17,22,34-35,38,40H,9,11-12H2,1-4H3,(H2,30,39)/t13-,17-,22+,29-/m0/s1. The summed E-state index contributed by atoms with van der Waals surface area (Å²) >= 11 is 0. The van der Waals surface area contributed by atoms with Gasteiger partial charge in [0.25, 0.3) is 5.91 Å². The van der Waals surface area contributed by atoms with Crippen LogP contribution in [0, 0.1) is 11.8 Å². The molecule has 3 aliphatic carbocycles. The molecule has 0 bridgehead atoms. The highest BCUT2D eigenvalue weighted by Crippen LogP contribution is 2.54. The zero-order valence-electron chi connectivity index (χ0n) is 22.7. The molecule has 3 aliphatic rings. The molecular formula is C29H32N4O7. The van der Waals surface area contributed by atoms with E-state index in [4.69, 9.17) is 5.73 Å². The van der Waals surface area contributed by atoms with Crippen molar-refractivity contribution in [2.75, 3.05) is 28.2 Å². The average Bonchev–Trinajstić information content (AvgIpc) is 2.87. The van der Waals surface area contributed by atoms with E-state index in [9.17, 15) is 34.8 Å². The van der Waals surface area contributed by atoms with Crippen LogP contribution in [-0.4, -0.2) is 92.5 Å². The van der Waals surface area contributed by atoms with Gasteiger partial charge in [0.2, 0.25) is 5.78 Å². The molecular weight excluding hydrogens is 516 g/mol. The Balaban J connectivity index is 1.78. The first-order valence-electron chi connectivity index (χ1n) is 12.9. The van der Waals surface area contributed by atoms with Crippen LogP contribution in [0.25, 0.3) is 17.0 Å². The number of nitrogens with two attached hydrogens (primary N) is 1. The number of hydrogen-bond acceptors (Lipinski definition) is 10. The lowest BCUT2D eigenvalue weighted by atomic mass is 9.57. The highest BCUT2D eigenvalue weighted by Gasteiger charge is 2.64. The SMILES string of the molecule is CN(C)Cc1cc(-c2ccccn2)c2c(c1O)C(O)=C1C(=O)[C@]3(O)C(O)=C(C(N)=O)C(=O)[C@H](N(C)C)[C@@H]3C[C@@H]1C2. The molecule has 1 amide bonds. The summed E-state index contributed by atoms with van der Waals surface area (Å²) in [7, 11) is 6.78. The van der Waals surface area contributed by atoms with Crippen LogP contribution in [0.2, 0.25) is 0 Å². The second-order valence-electron chi connectivity index (χ2n) is 11.2. The highest BCUT2D eigenvalue weighted by molar-refractivity contribution is 6.24. The van der Waals surface area contributed by atoms with E-state index < -0.39 is 58.0 Å². The van der Waals surface area contributed by atoms with Gasteiger partial charge in [-0.15, -0.1) is 0 Å². The number of hydrogen-bond donors (Lipinski definition) is 5. The maximum Gasteiger partial charge on any atom is 0.255 e. The number of phenols is 1. The van der Waals surface area contributed by atoms with Crippen LogP contribution in [0.5, 0.6) is 5.75 Å². The van der Waals surface area contributed by atoms with Gasteiger partial charge in [0.15, 0.2) is 11.4 Å². The van der Waals surface area contributed by atoms with E-state index >= 15 is 0 Å². The number of pyridine rings is 1. The second-order valence-corrected chi connectivity index (χ2v) is 11.2. The molecule has 1 fully saturated rings. The van der Waals surface area contributed by atoms with Gasteiger partial charge in [0.1, 0.15) is 22.8 Å². The molecule has 0 saturated heterocycles. The number of aromatic hydroxyl groups is 1. The molecule has 6 N–H and O–H groups in total. The third kappa shape index (κ3) is 3.84. The molecule has 1 aromatic heterocycles. The van der Waals surface area contributed by atoms with Gasteiger partial charge in [0, 0.05) is 35.4 Å². The van der Waals surface area contributed by atoms with Crippen molar-refractivity contribution in [2.24, 2.45) is 17.6 Å². The number of carbonyl (C=O) groups is 3. The lowest BCUT2D eigenvalue weighted by molar-refractivity contribution is -0.153. The van der Waals surface area contributed by atoms with Crippen molar-refractivity contribution in [2.45, 2.75) is 31.0 Å². The van der Waals surface area contributed by atoms with Gasteiger partial charge in [-0.05, 0) is 70.7 Å². The van der Waals surface area contributed by atoms with E-state index in [2.05, 4.69) is 4.98 Å². The normalized spacial score (nSPS) is 26.2. The molecule has 0 radical (unpaired) electrons. The Labute approximate surface area is 230 Å². The van der Waals surface area contributed by atoms with Crippen LogP contribution in [0.4, 0.5) is 0 Å². The van der Waals surface area contributed by atoms with Crippen molar-refractivity contribution in [3.8, 4) is 17.0 Å². The number of ketones is 2. The molecule has 1 saturated carbocycles. The van der Waals surface area contributed by atoms with Gasteiger partial charge in [-0.25, -0.2) is 0 Å². The largest absolute Gasteiger partial charge is 0.508 e. The molecule has 1 aromatic carbocycles. The topological polar surface area (TPSA) is 178 Å². The number of carbonyl (C=O) groups excluding carboxylic acids is 3. The first-order chi connectivity index (χ1) is 18.8. The molecule has 40 heavy (non-hydrogen) atoms. The Kier molecular flexibility index (Phi) is 6.56. The lowest BCUT2D eigenvalue weighted by Gasteiger charge is -2.50. The Bertz CT molecular complexity index is 1510. The molecule has 11 heteroatoms. The maximum absolute atomic E-state index is 14.1. The Morgan fingerprint density at radius 2 is 1.85 bits per heavy atom. The first kappa shape index (κ1) is 27.5. The number of primary amides is 1. The van der Waals surface area contributed by atoms with Crippen molar-refractivity contribution in [1.29, 1.82) is 0 Å². The minimum Gasteiger partial charge on any atom is -0.508 e. The number of aliphatic hydroxyl groups is 3. The number of aliphatic hydroxyl groups excluding tert-OH is 2. The minimum atomic E-state index is -2.68. The highest BCUT2D eigenvalue weighted by atomic mass is 16.3. The van der Waals surface area contributed by atoms with E-state index in [0.717, 1.165) is 0 Å². The third-order valence-electron chi connectivity index (χ3n) is 8.23. The summed E-state index contributed by atoms with van der Waals surface area (Å²) in [6, 6.07) is 6.08. The summed E-state index contributed by atoms with van der Waals surface area (Å²) in [6.45, 7) is 0.322. The van der Waals surface area contributed by atoms with E-state index in [-0.39, 0.29) is 29.7 Å². The summed E-state index contributed by atoms with van der Waals surface area (Å²) in [6.07, 6.45) is 1.85. The van der Waals surface area contributed by atoms with Gasteiger partial charge >= 0.3 is 0 Å². The van der Waals surface area contributed by atoms with Crippen LogP contribution < -0.4 is 5.73 Å². The fourth-order valence-corrected chi connectivity index (χ4v) is 6.58. The first-order valence-corrected chi connectivity index (χ1v) is 12.9. The van der Waals surface area contributed by atoms with Crippen molar-refractivity contribution in [1.82, 2.24) is 14.8 Å². The zero-order valence-corrected chi connectivity index (χ0v) is 22.7. The number of nitrogens with zero attached hydrogens (tertiary/aromatic N) is 3. The smallest absolute Gasteiger partial charge is 0.255 e. The molecule has 0 aliphatic heterocycles. The van der Waals surface area contributed by atoms with Crippen molar-refractivity contribution in [3.05, 3.63) is 64.1 Å². The number of likely N-dealkylation sites (N-methyl/N-ethyl adjacent to an activating group) is 1. The number of Topliss-reactive ketones (excluding diaryl/α,β-unsaturated/α-hetero) is 2. The summed E-state index contributed by atoms with van der Waals surface area (Å²) in [5.41, 5.74) is 4.09. The van der Waals surface area contributed by atoms with E-state index in [1.165, 1.54) is 4.90 Å². The van der Waals surface area contributed by atoms with Gasteiger partial charge in [-0.2, -0.15) is 0 Å². The Morgan fingerprint density at radius 3 is 2.42 bits per heavy atom. The second kappa shape index (κ2) is 9.54. The molecule has 11 nitrogen and oxygen atoms in total. The third-order valence-corrected chi connectivity index (χ3v) is 8.23. The summed E-state index contributed by atoms with van der Waals surface area (Å²) < 4.78 is 0. The molecule has 1 heterocycles. The maximum atomic E-state index is 14.1. The van der Waals surface area contributed by atoms with Gasteiger partial charge in [-0.3, -0.25) is 24.3 Å². The van der Waals surface area contributed by atoms with Crippen LogP contribution in [0.3, 0.4) is 0 Å². The Hall–Kier alpha value is -4.06. The quantitative estimate of drug-likeness (QED) is 0.340. The summed E-state index contributed by atoms with van der Waals surface area (Å²) in [5, 5.41) is 45.7. The lowest BCUT2D eigenvalue weighted by Crippen LogP contribution is -2.65. The fourth-order valence-electron chi connectivity index (χ4n) is 6.58.